The first-order valence-corrected chi connectivity index (χ1v) is 7.56. The number of nitrogens with zero attached hydrogens (tertiary/aromatic N) is 2. The number of hydrogen-bond acceptors (Lipinski definition) is 4. The highest BCUT2D eigenvalue weighted by Gasteiger charge is 2.29. The second kappa shape index (κ2) is 6.03. The Morgan fingerprint density at radius 2 is 1.77 bits per heavy atom. The van der Waals surface area contributed by atoms with Crippen LogP contribution < -0.4 is 4.90 Å². The zero-order valence-electron chi connectivity index (χ0n) is 11.5. The highest BCUT2D eigenvalue weighted by atomic mass is 32.2. The SMILES string of the molecule is O=C(O)c1ccc(N=C2SCC(=O)N2c2ccccc2)cc1. The number of anilines is 1. The van der Waals surface area contributed by atoms with Gasteiger partial charge in [0.05, 0.1) is 22.7 Å². The summed E-state index contributed by atoms with van der Waals surface area (Å²) >= 11 is 1.37. The third-order valence-corrected chi connectivity index (χ3v) is 4.04. The first-order chi connectivity index (χ1) is 10.6. The Kier molecular flexibility index (Phi) is 3.93. The smallest absolute Gasteiger partial charge is 0.335 e. The van der Waals surface area contributed by atoms with Gasteiger partial charge in [-0.05, 0) is 36.4 Å². The quantitative estimate of drug-likeness (QED) is 0.945. The minimum Gasteiger partial charge on any atom is -0.478 e. The molecule has 5 nitrogen and oxygen atoms in total. The fraction of sp³-hybridized carbons (Fsp3) is 0.0625. The summed E-state index contributed by atoms with van der Waals surface area (Å²) < 4.78 is 0. The number of para-hydroxylation sites is 1. The standard InChI is InChI=1S/C16H12N2O3S/c19-14-10-22-16(18(14)13-4-2-1-3-5-13)17-12-8-6-11(7-9-12)15(20)21/h1-9H,10H2,(H,20,21). The number of carbonyl (C=O) groups excluding carboxylic acids is 1. The number of rotatable bonds is 3. The maximum absolute atomic E-state index is 12.1. The number of hydrogen-bond donors (Lipinski definition) is 1. The van der Waals surface area contributed by atoms with Gasteiger partial charge in [-0.3, -0.25) is 9.69 Å². The van der Waals surface area contributed by atoms with Crippen molar-refractivity contribution in [2.24, 2.45) is 4.99 Å². The van der Waals surface area contributed by atoms with Crippen LogP contribution in [0.25, 0.3) is 0 Å². The summed E-state index contributed by atoms with van der Waals surface area (Å²) in [7, 11) is 0. The van der Waals surface area contributed by atoms with Gasteiger partial charge in [0.25, 0.3) is 0 Å². The molecule has 0 unspecified atom stereocenters. The number of amidine groups is 1. The number of aliphatic imine (C=N–C) groups is 1. The van der Waals surface area contributed by atoms with Gasteiger partial charge in [0.1, 0.15) is 0 Å². The summed E-state index contributed by atoms with van der Waals surface area (Å²) in [5.74, 6) is -0.645. The molecule has 2 aromatic carbocycles. The summed E-state index contributed by atoms with van der Waals surface area (Å²) in [6.45, 7) is 0. The van der Waals surface area contributed by atoms with Gasteiger partial charge < -0.3 is 5.11 Å². The van der Waals surface area contributed by atoms with Gasteiger partial charge >= 0.3 is 5.97 Å². The fourth-order valence-corrected chi connectivity index (χ4v) is 2.95. The summed E-state index contributed by atoms with van der Waals surface area (Å²) in [4.78, 5) is 28.9. The van der Waals surface area contributed by atoms with Crippen molar-refractivity contribution in [3.8, 4) is 0 Å². The van der Waals surface area contributed by atoms with Crippen molar-refractivity contribution in [1.29, 1.82) is 0 Å². The highest BCUT2D eigenvalue weighted by Crippen LogP contribution is 2.28. The molecule has 1 N–H and O–H groups in total. The van der Waals surface area contributed by atoms with E-state index in [1.807, 2.05) is 30.3 Å². The van der Waals surface area contributed by atoms with Crippen LogP contribution in [-0.2, 0) is 4.79 Å². The van der Waals surface area contributed by atoms with Gasteiger partial charge in [0.15, 0.2) is 5.17 Å². The predicted molar refractivity (Wildman–Crippen MR) is 86.9 cm³/mol. The van der Waals surface area contributed by atoms with Crippen LogP contribution in [0.3, 0.4) is 0 Å². The summed E-state index contributed by atoms with van der Waals surface area (Å²) in [6, 6.07) is 15.6. The molecule has 0 saturated carbocycles. The Hall–Kier alpha value is -2.60. The van der Waals surface area contributed by atoms with E-state index in [9.17, 15) is 9.59 Å². The predicted octanol–water partition coefficient (Wildman–Crippen LogP) is 3.15. The fourth-order valence-electron chi connectivity index (χ4n) is 2.06. The number of thioether (sulfide) groups is 1. The molecule has 0 aromatic heterocycles. The van der Waals surface area contributed by atoms with Gasteiger partial charge in [0, 0.05) is 0 Å². The van der Waals surface area contributed by atoms with Crippen LogP contribution >= 0.6 is 11.8 Å². The Balaban J connectivity index is 1.92. The molecule has 1 amide bonds. The van der Waals surface area contributed by atoms with E-state index in [0.717, 1.165) is 5.69 Å². The van der Waals surface area contributed by atoms with Crippen LogP contribution in [-0.4, -0.2) is 27.9 Å². The second-order valence-electron chi connectivity index (χ2n) is 4.60. The number of carboxylic acids is 1. The van der Waals surface area contributed by atoms with E-state index in [0.29, 0.717) is 16.6 Å². The van der Waals surface area contributed by atoms with Crippen molar-refractivity contribution in [2.45, 2.75) is 0 Å². The van der Waals surface area contributed by atoms with Crippen molar-refractivity contribution in [3.63, 3.8) is 0 Å². The molecule has 1 aliphatic heterocycles. The highest BCUT2D eigenvalue weighted by molar-refractivity contribution is 8.15. The van der Waals surface area contributed by atoms with Crippen LogP contribution in [0, 0.1) is 0 Å². The van der Waals surface area contributed by atoms with E-state index in [4.69, 9.17) is 5.11 Å². The lowest BCUT2D eigenvalue weighted by Crippen LogP contribution is -2.28. The molecule has 2 aromatic rings. The molecule has 0 aliphatic carbocycles. The van der Waals surface area contributed by atoms with E-state index in [2.05, 4.69) is 4.99 Å². The minimum atomic E-state index is -0.976. The molecule has 110 valence electrons. The van der Waals surface area contributed by atoms with Crippen LogP contribution in [0.4, 0.5) is 11.4 Å². The molecule has 0 atom stereocenters. The summed E-state index contributed by atoms with van der Waals surface area (Å²) in [6.07, 6.45) is 0. The van der Waals surface area contributed by atoms with E-state index < -0.39 is 5.97 Å². The van der Waals surface area contributed by atoms with Gasteiger partial charge in [-0.15, -0.1) is 0 Å². The topological polar surface area (TPSA) is 70.0 Å². The average Bonchev–Trinajstić information content (AvgIpc) is 2.89. The number of aromatic carboxylic acids is 1. The molecule has 6 heteroatoms. The minimum absolute atomic E-state index is 0.0166. The molecule has 22 heavy (non-hydrogen) atoms. The number of carboxylic acid groups (broad SMARTS) is 1. The monoisotopic (exact) mass is 312 g/mol. The third-order valence-electron chi connectivity index (χ3n) is 3.12. The largest absolute Gasteiger partial charge is 0.478 e. The molecular weight excluding hydrogens is 300 g/mol. The van der Waals surface area contributed by atoms with Crippen molar-refractivity contribution in [2.75, 3.05) is 10.7 Å². The third kappa shape index (κ3) is 2.87. The lowest BCUT2D eigenvalue weighted by Gasteiger charge is -2.15. The van der Waals surface area contributed by atoms with E-state index >= 15 is 0 Å². The molecule has 0 spiro atoms. The van der Waals surface area contributed by atoms with Crippen LogP contribution in [0.2, 0.25) is 0 Å². The maximum Gasteiger partial charge on any atom is 0.335 e. The molecule has 1 aliphatic rings. The van der Waals surface area contributed by atoms with Crippen molar-refractivity contribution >= 4 is 40.2 Å². The molecule has 0 radical (unpaired) electrons. The van der Waals surface area contributed by atoms with Gasteiger partial charge in [-0.2, -0.15) is 0 Å². The molecule has 3 rings (SSSR count). The van der Waals surface area contributed by atoms with Crippen LogP contribution in [0.5, 0.6) is 0 Å². The average molecular weight is 312 g/mol. The van der Waals surface area contributed by atoms with Crippen LogP contribution in [0.1, 0.15) is 10.4 Å². The first-order valence-electron chi connectivity index (χ1n) is 6.58. The molecule has 1 heterocycles. The number of carbonyl (C=O) groups is 2. The van der Waals surface area contributed by atoms with E-state index in [1.54, 1.807) is 17.0 Å². The molecule has 1 saturated heterocycles. The lowest BCUT2D eigenvalue weighted by molar-refractivity contribution is -0.115. The van der Waals surface area contributed by atoms with Crippen molar-refractivity contribution in [3.05, 3.63) is 60.2 Å². The van der Waals surface area contributed by atoms with Gasteiger partial charge in [0.2, 0.25) is 5.91 Å². The van der Waals surface area contributed by atoms with Gasteiger partial charge in [-0.25, -0.2) is 9.79 Å². The Morgan fingerprint density at radius 3 is 2.41 bits per heavy atom. The Morgan fingerprint density at radius 1 is 1.09 bits per heavy atom. The summed E-state index contributed by atoms with van der Waals surface area (Å²) in [5, 5.41) is 9.49. The zero-order chi connectivity index (χ0) is 15.5. The number of amides is 1. The van der Waals surface area contributed by atoms with E-state index in [1.165, 1.54) is 23.9 Å². The maximum atomic E-state index is 12.1. The van der Waals surface area contributed by atoms with Crippen molar-refractivity contribution in [1.82, 2.24) is 0 Å². The first kappa shape index (κ1) is 14.3. The molecule has 0 bridgehead atoms. The zero-order valence-corrected chi connectivity index (χ0v) is 12.3. The number of benzene rings is 2. The molecule has 1 fully saturated rings. The normalized spacial score (nSPS) is 16.3. The van der Waals surface area contributed by atoms with Crippen LogP contribution in [0.15, 0.2) is 59.6 Å². The Labute approximate surface area is 131 Å². The van der Waals surface area contributed by atoms with Gasteiger partial charge in [-0.1, -0.05) is 30.0 Å². The summed E-state index contributed by atoms with van der Waals surface area (Å²) in [5.41, 5.74) is 1.60. The Bertz CT molecular complexity index is 742. The van der Waals surface area contributed by atoms with E-state index in [-0.39, 0.29) is 11.5 Å². The lowest BCUT2D eigenvalue weighted by atomic mass is 10.2. The molecular formula is C16H12N2O3S. The second-order valence-corrected chi connectivity index (χ2v) is 5.54. The van der Waals surface area contributed by atoms with Crippen molar-refractivity contribution < 1.29 is 14.7 Å².